The molecule has 2 aromatic carbocycles. The lowest BCUT2D eigenvalue weighted by atomic mass is 10.0. The highest BCUT2D eigenvalue weighted by atomic mass is 19.3. The highest BCUT2D eigenvalue weighted by molar-refractivity contribution is 5.83. The summed E-state index contributed by atoms with van der Waals surface area (Å²) < 4.78 is 29.7. The molecular weight excluding hydrogens is 446 g/mol. The Hall–Kier alpha value is -3.94. The minimum absolute atomic E-state index is 0.0300. The number of nitrogens with zero attached hydrogens (tertiary/aromatic N) is 5. The van der Waals surface area contributed by atoms with Gasteiger partial charge in [-0.15, -0.1) is 0 Å². The zero-order chi connectivity index (χ0) is 24.7. The summed E-state index contributed by atoms with van der Waals surface area (Å²) in [5, 5.41) is 8.77. The standard InChI is InChI=1S/C27H28F2N6/c1-18(31-22-9-11-24-20(16-22)17-30-34(24)4)35-14-6-13-33(3)25-12-10-23(32-26(25)35)19-7-5-8-21(15-19)27(2,28)29/h5,7-12,15-17,31H,1,6,13-14H2,2-4H3. The number of pyridine rings is 1. The average Bonchev–Trinajstić information content (AvgIpc) is 3.11. The summed E-state index contributed by atoms with van der Waals surface area (Å²) in [6.07, 6.45) is 2.75. The van der Waals surface area contributed by atoms with Crippen LogP contribution in [0.1, 0.15) is 18.9 Å². The van der Waals surface area contributed by atoms with Crippen molar-refractivity contribution < 1.29 is 8.78 Å². The number of hydrogen-bond donors (Lipinski definition) is 1. The first-order chi connectivity index (χ1) is 16.7. The van der Waals surface area contributed by atoms with Crippen molar-refractivity contribution in [3.63, 3.8) is 0 Å². The van der Waals surface area contributed by atoms with Crippen molar-refractivity contribution in [1.82, 2.24) is 14.8 Å². The largest absolute Gasteiger partial charge is 0.372 e. The highest BCUT2D eigenvalue weighted by Gasteiger charge is 2.26. The van der Waals surface area contributed by atoms with Crippen molar-refractivity contribution in [3.8, 4) is 11.3 Å². The van der Waals surface area contributed by atoms with Crippen LogP contribution in [-0.4, -0.2) is 34.9 Å². The molecular formula is C27H28F2N6. The van der Waals surface area contributed by atoms with E-state index in [1.54, 1.807) is 6.07 Å². The number of halogens is 2. The number of aryl methyl sites for hydroxylation is 1. The van der Waals surface area contributed by atoms with Crippen LogP contribution in [0.2, 0.25) is 0 Å². The summed E-state index contributed by atoms with van der Waals surface area (Å²) >= 11 is 0. The average molecular weight is 475 g/mol. The first-order valence-electron chi connectivity index (χ1n) is 11.6. The molecule has 4 aromatic rings. The number of anilines is 3. The molecule has 0 aliphatic carbocycles. The molecule has 3 heterocycles. The summed E-state index contributed by atoms with van der Waals surface area (Å²) in [6.45, 7) is 6.81. The number of rotatable bonds is 5. The predicted molar refractivity (Wildman–Crippen MR) is 138 cm³/mol. The minimum Gasteiger partial charge on any atom is -0.372 e. The highest BCUT2D eigenvalue weighted by Crippen LogP contribution is 2.36. The molecule has 0 atom stereocenters. The topological polar surface area (TPSA) is 49.2 Å². The number of fused-ring (bicyclic) bond motifs is 2. The minimum atomic E-state index is -2.92. The van der Waals surface area contributed by atoms with E-state index in [9.17, 15) is 8.78 Å². The quantitative estimate of drug-likeness (QED) is 0.386. The molecule has 1 aliphatic heterocycles. The predicted octanol–water partition coefficient (Wildman–Crippen LogP) is 5.98. The van der Waals surface area contributed by atoms with Crippen LogP contribution in [0.5, 0.6) is 0 Å². The molecule has 6 nitrogen and oxygen atoms in total. The maximum atomic E-state index is 13.9. The molecule has 0 amide bonds. The first kappa shape index (κ1) is 22.8. The van der Waals surface area contributed by atoms with Gasteiger partial charge in [0.05, 0.1) is 23.1 Å². The van der Waals surface area contributed by atoms with Gasteiger partial charge < -0.3 is 15.1 Å². The molecule has 0 saturated carbocycles. The Labute approximate surface area is 203 Å². The van der Waals surface area contributed by atoms with Crippen molar-refractivity contribution in [2.75, 3.05) is 35.3 Å². The Morgan fingerprint density at radius 1 is 1.06 bits per heavy atom. The van der Waals surface area contributed by atoms with Gasteiger partial charge in [-0.1, -0.05) is 24.8 Å². The molecule has 2 aromatic heterocycles. The smallest absolute Gasteiger partial charge is 0.270 e. The summed E-state index contributed by atoms with van der Waals surface area (Å²) in [7, 11) is 3.95. The van der Waals surface area contributed by atoms with Crippen molar-refractivity contribution in [1.29, 1.82) is 0 Å². The Kier molecular flexibility index (Phi) is 5.67. The maximum absolute atomic E-state index is 13.9. The summed E-state index contributed by atoms with van der Waals surface area (Å²) in [5.41, 5.74) is 4.18. The number of hydrogen-bond acceptors (Lipinski definition) is 5. The molecule has 0 unspecified atom stereocenters. The monoisotopic (exact) mass is 474 g/mol. The van der Waals surface area contributed by atoms with E-state index in [1.807, 2.05) is 61.4 Å². The van der Waals surface area contributed by atoms with E-state index in [0.717, 1.165) is 54.5 Å². The maximum Gasteiger partial charge on any atom is 0.270 e. The van der Waals surface area contributed by atoms with Crippen LogP contribution in [-0.2, 0) is 13.0 Å². The Bertz CT molecular complexity index is 1400. The molecule has 0 spiro atoms. The van der Waals surface area contributed by atoms with Crippen LogP contribution in [0.3, 0.4) is 0 Å². The summed E-state index contributed by atoms with van der Waals surface area (Å²) in [5.74, 6) is -1.47. The van der Waals surface area contributed by atoms with Gasteiger partial charge >= 0.3 is 0 Å². The van der Waals surface area contributed by atoms with Crippen molar-refractivity contribution in [3.05, 3.63) is 78.8 Å². The van der Waals surface area contributed by atoms with Gasteiger partial charge in [0.1, 0.15) is 5.82 Å². The lowest BCUT2D eigenvalue weighted by molar-refractivity contribution is 0.0175. The third-order valence-electron chi connectivity index (χ3n) is 6.42. The van der Waals surface area contributed by atoms with E-state index < -0.39 is 5.92 Å². The fourth-order valence-corrected chi connectivity index (χ4v) is 4.48. The molecule has 0 radical (unpaired) electrons. The van der Waals surface area contributed by atoms with E-state index in [0.29, 0.717) is 17.1 Å². The molecule has 0 bridgehead atoms. The van der Waals surface area contributed by atoms with Gasteiger partial charge in [-0.25, -0.2) is 13.8 Å². The fourth-order valence-electron chi connectivity index (χ4n) is 4.48. The van der Waals surface area contributed by atoms with Gasteiger partial charge in [0, 0.05) is 56.3 Å². The Balaban J connectivity index is 1.50. The number of nitrogens with one attached hydrogen (secondary N) is 1. The Morgan fingerprint density at radius 2 is 1.89 bits per heavy atom. The van der Waals surface area contributed by atoms with Crippen LogP contribution in [0.25, 0.3) is 22.2 Å². The van der Waals surface area contributed by atoms with E-state index >= 15 is 0 Å². The normalized spacial score (nSPS) is 14.1. The van der Waals surface area contributed by atoms with Crippen molar-refractivity contribution in [2.24, 2.45) is 7.05 Å². The first-order valence-corrected chi connectivity index (χ1v) is 11.6. The number of alkyl halides is 2. The van der Waals surface area contributed by atoms with Crippen LogP contribution in [0.4, 0.5) is 26.0 Å². The second-order valence-corrected chi connectivity index (χ2v) is 9.05. The van der Waals surface area contributed by atoms with E-state index in [1.165, 1.54) is 12.1 Å². The second kappa shape index (κ2) is 8.69. The Morgan fingerprint density at radius 3 is 2.69 bits per heavy atom. The van der Waals surface area contributed by atoms with Gasteiger partial charge in [0.2, 0.25) is 0 Å². The van der Waals surface area contributed by atoms with Gasteiger partial charge in [-0.3, -0.25) is 4.68 Å². The molecule has 1 aliphatic rings. The molecule has 180 valence electrons. The zero-order valence-electron chi connectivity index (χ0n) is 20.1. The number of aromatic nitrogens is 3. The number of benzene rings is 2. The van der Waals surface area contributed by atoms with Gasteiger partial charge in [0.25, 0.3) is 5.92 Å². The van der Waals surface area contributed by atoms with Gasteiger partial charge in [-0.05, 0) is 42.8 Å². The fraction of sp³-hybridized carbons (Fsp3) is 0.259. The lowest BCUT2D eigenvalue weighted by Crippen LogP contribution is -2.28. The summed E-state index contributed by atoms with van der Waals surface area (Å²) in [6, 6.07) is 16.4. The molecule has 0 saturated heterocycles. The van der Waals surface area contributed by atoms with Crippen molar-refractivity contribution in [2.45, 2.75) is 19.3 Å². The zero-order valence-corrected chi connectivity index (χ0v) is 20.1. The molecule has 5 rings (SSSR count). The molecule has 1 N–H and O–H groups in total. The van der Waals surface area contributed by atoms with E-state index in [4.69, 9.17) is 4.98 Å². The van der Waals surface area contributed by atoms with E-state index in [-0.39, 0.29) is 5.56 Å². The second-order valence-electron chi connectivity index (χ2n) is 9.05. The third kappa shape index (κ3) is 4.43. The van der Waals surface area contributed by atoms with Crippen LogP contribution < -0.4 is 15.1 Å². The van der Waals surface area contributed by atoms with Gasteiger partial charge in [0.15, 0.2) is 5.82 Å². The lowest BCUT2D eigenvalue weighted by Gasteiger charge is -2.27. The SMILES string of the molecule is C=C(Nc1ccc2c(cnn2C)c1)N1CCCN(C)c2ccc(-c3cccc(C(C)(F)F)c3)nc21. The molecule has 0 fully saturated rings. The van der Waals surface area contributed by atoms with Crippen molar-refractivity contribution >= 4 is 28.1 Å². The van der Waals surface area contributed by atoms with E-state index in [2.05, 4.69) is 26.8 Å². The third-order valence-corrected chi connectivity index (χ3v) is 6.42. The van der Waals surface area contributed by atoms with Crippen LogP contribution in [0.15, 0.2) is 73.2 Å². The van der Waals surface area contributed by atoms with Gasteiger partial charge in [-0.2, -0.15) is 5.10 Å². The molecule has 35 heavy (non-hydrogen) atoms. The summed E-state index contributed by atoms with van der Waals surface area (Å²) in [4.78, 5) is 9.17. The van der Waals surface area contributed by atoms with Crippen LogP contribution in [0, 0.1) is 0 Å². The van der Waals surface area contributed by atoms with Crippen LogP contribution >= 0.6 is 0 Å². The molecule has 8 heteroatoms.